The summed E-state index contributed by atoms with van der Waals surface area (Å²) in [5, 5.41) is 7.90. The molecule has 1 aliphatic carbocycles. The summed E-state index contributed by atoms with van der Waals surface area (Å²) >= 11 is 0. The van der Waals surface area contributed by atoms with Crippen molar-refractivity contribution in [2.45, 2.75) is 44.2 Å². The van der Waals surface area contributed by atoms with Crippen molar-refractivity contribution in [2.75, 3.05) is 13.2 Å². The van der Waals surface area contributed by atoms with E-state index in [0.717, 1.165) is 25.7 Å². The van der Waals surface area contributed by atoms with E-state index >= 15 is 0 Å². The molecule has 0 amide bonds. The lowest BCUT2D eigenvalue weighted by Crippen LogP contribution is -2.47. The molecule has 0 radical (unpaired) electrons. The number of nitrogens with zero attached hydrogens (tertiary/aromatic N) is 3. The Morgan fingerprint density at radius 3 is 3.11 bits per heavy atom. The summed E-state index contributed by atoms with van der Waals surface area (Å²) in [5.41, 5.74) is 5.92. The van der Waals surface area contributed by atoms with Gasteiger partial charge in [-0.1, -0.05) is 5.21 Å². The minimum Gasteiger partial charge on any atom is -0.375 e. The maximum Gasteiger partial charge on any atom is 0.187 e. The molecule has 3 rings (SSSR count). The highest BCUT2D eigenvalue weighted by atomic mass is 16.5. The van der Waals surface area contributed by atoms with Crippen LogP contribution in [0.5, 0.6) is 0 Å². The Kier molecular flexibility index (Phi) is 3.36. The predicted molar refractivity (Wildman–Crippen MR) is 68.7 cm³/mol. The Balaban J connectivity index is 1.68. The lowest BCUT2D eigenvalue weighted by molar-refractivity contribution is -0.137. The van der Waals surface area contributed by atoms with Crippen LogP contribution in [0, 0.1) is 5.92 Å². The van der Waals surface area contributed by atoms with E-state index in [1.54, 1.807) is 10.9 Å². The molecule has 1 aromatic heterocycles. The maximum atomic E-state index is 12.4. The SMILES string of the molecule is NCCn1cc(C(=O)C2CCOC3(CCC3)C2)nn1. The fraction of sp³-hybridized carbons (Fsp3) is 0.769. The molecule has 1 unspecified atom stereocenters. The first kappa shape index (κ1) is 12.7. The molecule has 1 saturated carbocycles. The largest absolute Gasteiger partial charge is 0.375 e. The molecule has 2 heterocycles. The second-order valence-corrected chi connectivity index (χ2v) is 5.59. The smallest absolute Gasteiger partial charge is 0.187 e. The van der Waals surface area contributed by atoms with Crippen molar-refractivity contribution in [3.05, 3.63) is 11.9 Å². The molecule has 0 aromatic carbocycles. The van der Waals surface area contributed by atoms with Gasteiger partial charge in [-0.2, -0.15) is 0 Å². The molecule has 1 aromatic rings. The second kappa shape index (κ2) is 5.02. The zero-order valence-electron chi connectivity index (χ0n) is 11.0. The van der Waals surface area contributed by atoms with Crippen LogP contribution in [0.15, 0.2) is 6.20 Å². The van der Waals surface area contributed by atoms with Gasteiger partial charge < -0.3 is 10.5 Å². The molecule has 0 bridgehead atoms. The Morgan fingerprint density at radius 2 is 2.42 bits per heavy atom. The number of aromatic nitrogens is 3. The molecule has 2 N–H and O–H groups in total. The van der Waals surface area contributed by atoms with Crippen LogP contribution in [0.1, 0.15) is 42.6 Å². The lowest BCUT2D eigenvalue weighted by Gasteiger charge is -2.46. The molecule has 19 heavy (non-hydrogen) atoms. The van der Waals surface area contributed by atoms with Gasteiger partial charge in [0.1, 0.15) is 5.69 Å². The van der Waals surface area contributed by atoms with Crippen molar-refractivity contribution in [2.24, 2.45) is 11.7 Å². The summed E-state index contributed by atoms with van der Waals surface area (Å²) in [7, 11) is 0. The monoisotopic (exact) mass is 264 g/mol. The predicted octanol–water partition coefficient (Wildman–Crippen LogP) is 0.769. The zero-order valence-corrected chi connectivity index (χ0v) is 11.0. The first-order chi connectivity index (χ1) is 9.22. The van der Waals surface area contributed by atoms with E-state index in [1.807, 2.05) is 0 Å². The number of Topliss-reactive ketones (excluding diaryl/α,β-unsaturated/α-hetero) is 1. The summed E-state index contributed by atoms with van der Waals surface area (Å²) in [6, 6.07) is 0. The van der Waals surface area contributed by atoms with E-state index in [4.69, 9.17) is 10.5 Å². The standard InChI is InChI=1S/C13H20N4O2/c14-5-6-17-9-11(15-16-17)12(18)10-2-7-19-13(8-10)3-1-4-13/h9-10H,1-8,14H2. The Bertz CT molecular complexity index is 467. The number of ether oxygens (including phenoxy) is 1. The van der Waals surface area contributed by atoms with Crippen molar-refractivity contribution in [1.82, 2.24) is 15.0 Å². The molecule has 104 valence electrons. The third-order valence-electron chi connectivity index (χ3n) is 4.28. The molecule has 1 aliphatic heterocycles. The summed E-state index contributed by atoms with van der Waals surface area (Å²) in [6.45, 7) is 1.78. The maximum absolute atomic E-state index is 12.4. The third kappa shape index (κ3) is 2.42. The van der Waals surface area contributed by atoms with Gasteiger partial charge in [0.15, 0.2) is 5.78 Å². The van der Waals surface area contributed by atoms with Crippen molar-refractivity contribution >= 4 is 5.78 Å². The number of hydrogen-bond acceptors (Lipinski definition) is 5. The van der Waals surface area contributed by atoms with Crippen LogP contribution in [-0.2, 0) is 11.3 Å². The van der Waals surface area contributed by atoms with Crippen LogP contribution < -0.4 is 5.73 Å². The van der Waals surface area contributed by atoms with E-state index in [2.05, 4.69) is 10.3 Å². The fourth-order valence-corrected chi connectivity index (χ4v) is 3.03. The number of ketones is 1. The van der Waals surface area contributed by atoms with E-state index in [1.165, 1.54) is 6.42 Å². The Labute approximate surface area is 112 Å². The van der Waals surface area contributed by atoms with Gasteiger partial charge in [0.2, 0.25) is 0 Å². The van der Waals surface area contributed by atoms with Crippen LogP contribution in [0.2, 0.25) is 0 Å². The topological polar surface area (TPSA) is 83.0 Å². The molecule has 2 aliphatic rings. The molecular formula is C13H20N4O2. The van der Waals surface area contributed by atoms with E-state index in [0.29, 0.717) is 25.4 Å². The first-order valence-corrected chi connectivity index (χ1v) is 7.01. The van der Waals surface area contributed by atoms with Crippen LogP contribution >= 0.6 is 0 Å². The van der Waals surface area contributed by atoms with E-state index in [9.17, 15) is 4.79 Å². The molecule has 1 atom stereocenters. The van der Waals surface area contributed by atoms with Gasteiger partial charge in [-0.25, -0.2) is 0 Å². The van der Waals surface area contributed by atoms with Gasteiger partial charge in [-0.3, -0.25) is 9.48 Å². The van der Waals surface area contributed by atoms with Crippen molar-refractivity contribution in [3.8, 4) is 0 Å². The van der Waals surface area contributed by atoms with Gasteiger partial charge in [0.05, 0.1) is 18.3 Å². The van der Waals surface area contributed by atoms with Crippen LogP contribution in [0.4, 0.5) is 0 Å². The Morgan fingerprint density at radius 1 is 1.58 bits per heavy atom. The van der Waals surface area contributed by atoms with Crippen LogP contribution in [0.3, 0.4) is 0 Å². The van der Waals surface area contributed by atoms with Gasteiger partial charge in [0, 0.05) is 19.1 Å². The normalized spacial score (nSPS) is 25.2. The number of nitrogens with two attached hydrogens (primary N) is 1. The number of carbonyl (C=O) groups is 1. The number of hydrogen-bond donors (Lipinski definition) is 1. The third-order valence-corrected chi connectivity index (χ3v) is 4.28. The summed E-state index contributed by atoms with van der Waals surface area (Å²) < 4.78 is 7.48. The van der Waals surface area contributed by atoms with Gasteiger partial charge in [0.25, 0.3) is 0 Å². The summed E-state index contributed by atoms with van der Waals surface area (Å²) in [4.78, 5) is 12.4. The molecule has 6 heteroatoms. The molecular weight excluding hydrogens is 244 g/mol. The van der Waals surface area contributed by atoms with Crippen molar-refractivity contribution in [1.29, 1.82) is 0 Å². The minimum absolute atomic E-state index is 0.00811. The van der Waals surface area contributed by atoms with Gasteiger partial charge in [-0.15, -0.1) is 5.10 Å². The molecule has 6 nitrogen and oxygen atoms in total. The van der Waals surface area contributed by atoms with Gasteiger partial charge >= 0.3 is 0 Å². The highest BCUT2D eigenvalue weighted by molar-refractivity contribution is 5.95. The minimum atomic E-state index is -0.00811. The molecule has 2 fully saturated rings. The average Bonchev–Trinajstić information content (AvgIpc) is 2.85. The fourth-order valence-electron chi connectivity index (χ4n) is 3.03. The van der Waals surface area contributed by atoms with Crippen molar-refractivity contribution in [3.63, 3.8) is 0 Å². The summed E-state index contributed by atoms with van der Waals surface area (Å²) in [5.74, 6) is 0.148. The lowest BCUT2D eigenvalue weighted by atomic mass is 9.71. The quantitative estimate of drug-likeness (QED) is 0.812. The average molecular weight is 264 g/mol. The highest BCUT2D eigenvalue weighted by Gasteiger charge is 2.44. The Hall–Kier alpha value is -1.27. The summed E-state index contributed by atoms with van der Waals surface area (Å²) in [6.07, 6.45) is 6.75. The van der Waals surface area contributed by atoms with Crippen molar-refractivity contribution < 1.29 is 9.53 Å². The second-order valence-electron chi connectivity index (χ2n) is 5.59. The van der Waals surface area contributed by atoms with Crippen LogP contribution in [0.25, 0.3) is 0 Å². The first-order valence-electron chi connectivity index (χ1n) is 7.01. The number of rotatable bonds is 4. The zero-order chi connectivity index (χ0) is 13.3. The van der Waals surface area contributed by atoms with E-state index in [-0.39, 0.29) is 17.3 Å². The molecule has 1 spiro atoms. The van der Waals surface area contributed by atoms with Gasteiger partial charge in [-0.05, 0) is 32.1 Å². The highest BCUT2D eigenvalue weighted by Crippen LogP contribution is 2.44. The molecule has 1 saturated heterocycles. The van der Waals surface area contributed by atoms with Crippen LogP contribution in [-0.4, -0.2) is 39.5 Å². The number of carbonyl (C=O) groups excluding carboxylic acids is 1. The van der Waals surface area contributed by atoms with E-state index < -0.39 is 0 Å².